The molecule has 23 heavy (non-hydrogen) atoms. The van der Waals surface area contributed by atoms with E-state index in [1.165, 1.54) is 11.3 Å². The molecule has 0 aliphatic rings. The molecule has 0 aliphatic heterocycles. The first kappa shape index (κ1) is 17.1. The number of hydrogen-bond acceptors (Lipinski definition) is 4. The normalized spacial score (nSPS) is 11.9. The number of amides is 1. The highest BCUT2D eigenvalue weighted by atomic mass is 32.1. The molecule has 0 saturated heterocycles. The molecular formula is C17H20N2O3S. The number of nitrogens with one attached hydrogen (secondary N) is 1. The highest BCUT2D eigenvalue weighted by Gasteiger charge is 2.17. The molecule has 2 aromatic rings. The zero-order valence-corrected chi connectivity index (χ0v) is 13.8. The smallest absolute Gasteiger partial charge is 0.308 e. The van der Waals surface area contributed by atoms with Gasteiger partial charge in [-0.15, -0.1) is 11.3 Å². The zero-order chi connectivity index (χ0) is 16.7. The SMILES string of the molecule is CCCC(CNC(=O)Cc1csc(-c2ccccc2)n1)C(=O)O. The summed E-state index contributed by atoms with van der Waals surface area (Å²) in [5, 5.41) is 14.5. The number of benzene rings is 1. The van der Waals surface area contributed by atoms with Gasteiger partial charge in [0, 0.05) is 17.5 Å². The number of carboxylic acids is 1. The molecular weight excluding hydrogens is 312 g/mol. The molecule has 2 rings (SSSR count). The molecule has 122 valence electrons. The molecule has 0 aliphatic carbocycles. The molecule has 1 aromatic heterocycles. The molecule has 1 unspecified atom stereocenters. The fraction of sp³-hybridized carbons (Fsp3) is 0.353. The van der Waals surface area contributed by atoms with Gasteiger partial charge in [0.15, 0.2) is 0 Å². The van der Waals surface area contributed by atoms with Gasteiger partial charge in [0.25, 0.3) is 0 Å². The standard InChI is InChI=1S/C17H20N2O3S/c1-2-6-13(17(21)22)10-18-15(20)9-14-11-23-16(19-14)12-7-4-3-5-8-12/h3-5,7-8,11,13H,2,6,9-10H2,1H3,(H,18,20)(H,21,22). The molecule has 0 spiro atoms. The van der Waals surface area contributed by atoms with Crippen molar-refractivity contribution in [3.05, 3.63) is 41.4 Å². The van der Waals surface area contributed by atoms with Crippen LogP contribution in [0.1, 0.15) is 25.5 Å². The van der Waals surface area contributed by atoms with Crippen molar-refractivity contribution in [1.82, 2.24) is 10.3 Å². The maximum absolute atomic E-state index is 12.0. The molecule has 1 aromatic carbocycles. The van der Waals surface area contributed by atoms with Crippen LogP contribution in [0.4, 0.5) is 0 Å². The largest absolute Gasteiger partial charge is 0.481 e. The van der Waals surface area contributed by atoms with Gasteiger partial charge in [-0.25, -0.2) is 4.98 Å². The Morgan fingerprint density at radius 2 is 2.04 bits per heavy atom. The third kappa shape index (κ3) is 5.17. The number of nitrogens with zero attached hydrogens (tertiary/aromatic N) is 1. The van der Waals surface area contributed by atoms with Gasteiger partial charge in [-0.05, 0) is 6.42 Å². The van der Waals surface area contributed by atoms with Gasteiger partial charge in [-0.3, -0.25) is 9.59 Å². The zero-order valence-electron chi connectivity index (χ0n) is 13.0. The summed E-state index contributed by atoms with van der Waals surface area (Å²) in [7, 11) is 0. The van der Waals surface area contributed by atoms with Crippen LogP contribution in [0.2, 0.25) is 0 Å². The Kier molecular flexibility index (Phi) is 6.29. The topological polar surface area (TPSA) is 79.3 Å². The van der Waals surface area contributed by atoms with Crippen LogP contribution in [-0.4, -0.2) is 28.5 Å². The van der Waals surface area contributed by atoms with Crippen LogP contribution in [0.25, 0.3) is 10.6 Å². The summed E-state index contributed by atoms with van der Waals surface area (Å²) >= 11 is 1.50. The summed E-state index contributed by atoms with van der Waals surface area (Å²) in [5.74, 6) is -1.59. The van der Waals surface area contributed by atoms with Crippen LogP contribution >= 0.6 is 11.3 Å². The van der Waals surface area contributed by atoms with Crippen molar-refractivity contribution in [3.63, 3.8) is 0 Å². The Hall–Kier alpha value is -2.21. The van der Waals surface area contributed by atoms with Crippen LogP contribution in [0.15, 0.2) is 35.7 Å². The van der Waals surface area contributed by atoms with E-state index in [1.54, 1.807) is 0 Å². The molecule has 0 fully saturated rings. The molecule has 1 heterocycles. The summed E-state index contributed by atoms with van der Waals surface area (Å²) in [6.07, 6.45) is 1.51. The van der Waals surface area contributed by atoms with Crippen LogP contribution in [0.3, 0.4) is 0 Å². The van der Waals surface area contributed by atoms with E-state index in [0.717, 1.165) is 17.0 Å². The molecule has 1 amide bonds. The minimum Gasteiger partial charge on any atom is -0.481 e. The lowest BCUT2D eigenvalue weighted by atomic mass is 10.0. The Bertz CT molecular complexity index is 655. The van der Waals surface area contributed by atoms with Crippen molar-refractivity contribution in [2.24, 2.45) is 5.92 Å². The number of aromatic nitrogens is 1. The Morgan fingerprint density at radius 1 is 1.30 bits per heavy atom. The first-order valence-electron chi connectivity index (χ1n) is 7.59. The summed E-state index contributed by atoms with van der Waals surface area (Å²) in [5.41, 5.74) is 1.73. The Labute approximate surface area is 139 Å². The molecule has 5 nitrogen and oxygen atoms in total. The average molecular weight is 332 g/mol. The van der Waals surface area contributed by atoms with Crippen LogP contribution in [0.5, 0.6) is 0 Å². The molecule has 0 saturated carbocycles. The van der Waals surface area contributed by atoms with Gasteiger partial charge in [0.2, 0.25) is 5.91 Å². The minimum absolute atomic E-state index is 0.164. The van der Waals surface area contributed by atoms with Crippen molar-refractivity contribution < 1.29 is 14.7 Å². The van der Waals surface area contributed by atoms with Crippen LogP contribution in [0, 0.1) is 5.92 Å². The second kappa shape index (κ2) is 8.43. The van der Waals surface area contributed by atoms with Crippen molar-refractivity contribution in [2.75, 3.05) is 6.54 Å². The quantitative estimate of drug-likeness (QED) is 0.779. The second-order valence-corrected chi connectivity index (χ2v) is 6.17. The summed E-state index contributed by atoms with van der Waals surface area (Å²) in [6.45, 7) is 2.09. The summed E-state index contributed by atoms with van der Waals surface area (Å²) < 4.78 is 0. The van der Waals surface area contributed by atoms with Gasteiger partial charge >= 0.3 is 5.97 Å². The third-order valence-corrected chi connectivity index (χ3v) is 4.39. The average Bonchev–Trinajstić information content (AvgIpc) is 3.00. The van der Waals surface area contributed by atoms with E-state index < -0.39 is 11.9 Å². The van der Waals surface area contributed by atoms with Gasteiger partial charge in [0.05, 0.1) is 18.0 Å². The monoisotopic (exact) mass is 332 g/mol. The lowest BCUT2D eigenvalue weighted by Crippen LogP contribution is -2.33. The fourth-order valence-electron chi connectivity index (χ4n) is 2.23. The Morgan fingerprint density at radius 3 is 2.70 bits per heavy atom. The fourth-order valence-corrected chi connectivity index (χ4v) is 3.05. The highest BCUT2D eigenvalue weighted by Crippen LogP contribution is 2.23. The number of thiazole rings is 1. The molecule has 6 heteroatoms. The molecule has 0 bridgehead atoms. The van der Waals surface area contributed by atoms with Crippen molar-refractivity contribution in [2.45, 2.75) is 26.2 Å². The first-order valence-corrected chi connectivity index (χ1v) is 8.47. The van der Waals surface area contributed by atoms with E-state index >= 15 is 0 Å². The Balaban J connectivity index is 1.88. The molecule has 2 N–H and O–H groups in total. The van der Waals surface area contributed by atoms with Gasteiger partial charge in [-0.1, -0.05) is 43.7 Å². The lowest BCUT2D eigenvalue weighted by molar-refractivity contribution is -0.141. The van der Waals surface area contributed by atoms with Crippen LogP contribution < -0.4 is 5.32 Å². The second-order valence-electron chi connectivity index (χ2n) is 5.31. The maximum Gasteiger partial charge on any atom is 0.308 e. The van der Waals surface area contributed by atoms with Crippen molar-refractivity contribution >= 4 is 23.2 Å². The van der Waals surface area contributed by atoms with E-state index in [-0.39, 0.29) is 18.9 Å². The molecule has 1 atom stereocenters. The van der Waals surface area contributed by atoms with E-state index in [0.29, 0.717) is 12.1 Å². The third-order valence-electron chi connectivity index (χ3n) is 3.45. The number of carbonyl (C=O) groups excluding carboxylic acids is 1. The van der Waals surface area contributed by atoms with Crippen molar-refractivity contribution in [3.8, 4) is 10.6 Å². The van der Waals surface area contributed by atoms with Gasteiger partial charge in [0.1, 0.15) is 5.01 Å². The summed E-state index contributed by atoms with van der Waals surface area (Å²) in [6, 6.07) is 9.79. The van der Waals surface area contributed by atoms with Crippen LogP contribution in [-0.2, 0) is 16.0 Å². The van der Waals surface area contributed by atoms with E-state index in [1.807, 2.05) is 42.6 Å². The summed E-state index contributed by atoms with van der Waals surface area (Å²) in [4.78, 5) is 27.5. The minimum atomic E-state index is -0.868. The van der Waals surface area contributed by atoms with E-state index in [4.69, 9.17) is 5.11 Å². The number of rotatable bonds is 8. The number of aliphatic carboxylic acids is 1. The number of carboxylic acid groups (broad SMARTS) is 1. The first-order chi connectivity index (χ1) is 11.1. The highest BCUT2D eigenvalue weighted by molar-refractivity contribution is 7.13. The van der Waals surface area contributed by atoms with E-state index in [9.17, 15) is 9.59 Å². The maximum atomic E-state index is 12.0. The predicted molar refractivity (Wildman–Crippen MR) is 90.3 cm³/mol. The lowest BCUT2D eigenvalue weighted by Gasteiger charge is -2.11. The van der Waals surface area contributed by atoms with Gasteiger partial charge < -0.3 is 10.4 Å². The number of hydrogen-bond donors (Lipinski definition) is 2. The molecule has 0 radical (unpaired) electrons. The van der Waals surface area contributed by atoms with Gasteiger partial charge in [-0.2, -0.15) is 0 Å². The predicted octanol–water partition coefficient (Wildman–Crippen LogP) is 2.97. The van der Waals surface area contributed by atoms with Crippen molar-refractivity contribution in [1.29, 1.82) is 0 Å². The number of carbonyl (C=O) groups is 2. The van der Waals surface area contributed by atoms with E-state index in [2.05, 4.69) is 10.3 Å².